The van der Waals surface area contributed by atoms with Gasteiger partial charge in [-0.2, -0.15) is 5.10 Å². The highest BCUT2D eigenvalue weighted by Gasteiger charge is 2.27. The first-order chi connectivity index (χ1) is 13.6. The number of hydrogen-bond acceptors (Lipinski definition) is 6. The zero-order chi connectivity index (χ0) is 19.9. The summed E-state index contributed by atoms with van der Waals surface area (Å²) in [6, 6.07) is 2.89. The molecule has 3 rings (SSSR count). The third kappa shape index (κ3) is 5.17. The van der Waals surface area contributed by atoms with Crippen LogP contribution in [0.4, 0.5) is 0 Å². The van der Waals surface area contributed by atoms with Gasteiger partial charge in [-0.15, -0.1) is 0 Å². The van der Waals surface area contributed by atoms with E-state index in [1.54, 1.807) is 4.90 Å². The summed E-state index contributed by atoms with van der Waals surface area (Å²) in [5, 5.41) is 4.23. The van der Waals surface area contributed by atoms with Gasteiger partial charge in [-0.05, 0) is 12.5 Å². The largest absolute Gasteiger partial charge is 0.379 e. The third-order valence-corrected chi connectivity index (χ3v) is 5.19. The van der Waals surface area contributed by atoms with Crippen LogP contribution >= 0.6 is 0 Å². The second-order valence-electron chi connectivity index (χ2n) is 7.20. The van der Waals surface area contributed by atoms with E-state index < -0.39 is 0 Å². The highest BCUT2D eigenvalue weighted by Crippen LogP contribution is 2.08. The molecule has 1 aromatic rings. The first-order valence-corrected chi connectivity index (χ1v) is 10.0. The molecule has 0 unspecified atom stereocenters. The van der Waals surface area contributed by atoms with Gasteiger partial charge in [0.1, 0.15) is 5.69 Å². The molecule has 2 saturated heterocycles. The lowest BCUT2D eigenvalue weighted by Gasteiger charge is -2.36. The van der Waals surface area contributed by atoms with Gasteiger partial charge >= 0.3 is 0 Å². The van der Waals surface area contributed by atoms with E-state index in [1.807, 2.05) is 11.8 Å². The molecule has 0 aliphatic carbocycles. The van der Waals surface area contributed by atoms with Crippen molar-refractivity contribution in [2.75, 3.05) is 59.0 Å². The maximum atomic E-state index is 12.8. The smallest absolute Gasteiger partial charge is 0.274 e. The van der Waals surface area contributed by atoms with Crippen LogP contribution in [0.1, 0.15) is 30.3 Å². The van der Waals surface area contributed by atoms with Gasteiger partial charge in [0, 0.05) is 51.9 Å². The number of aromatic nitrogens is 2. The fourth-order valence-electron chi connectivity index (χ4n) is 3.40. The number of nitrogens with zero attached hydrogens (tertiary/aromatic N) is 5. The zero-order valence-corrected chi connectivity index (χ0v) is 16.5. The standard InChI is InChI=1S/C19H29N5O4/c1-2-3-6-24-17(25)5-4-16(20-24)19(27)23-9-7-22(8-10-23)18(26)15-21-11-13-28-14-12-21/h4-5H,2-3,6-15H2,1H3. The summed E-state index contributed by atoms with van der Waals surface area (Å²) >= 11 is 0. The van der Waals surface area contributed by atoms with E-state index in [1.165, 1.54) is 16.8 Å². The van der Waals surface area contributed by atoms with Gasteiger partial charge in [-0.3, -0.25) is 19.3 Å². The average Bonchev–Trinajstić information content (AvgIpc) is 2.73. The number of carbonyl (C=O) groups excluding carboxylic acids is 2. The first-order valence-electron chi connectivity index (χ1n) is 10.0. The van der Waals surface area contributed by atoms with Gasteiger partial charge in [0.25, 0.3) is 11.5 Å². The second kappa shape index (κ2) is 9.79. The number of unbranched alkanes of at least 4 members (excludes halogenated alkanes) is 1. The van der Waals surface area contributed by atoms with Crippen molar-refractivity contribution in [3.8, 4) is 0 Å². The van der Waals surface area contributed by atoms with Crippen molar-refractivity contribution >= 4 is 11.8 Å². The first kappa shape index (κ1) is 20.5. The molecule has 2 aliphatic rings. The van der Waals surface area contributed by atoms with E-state index in [9.17, 15) is 14.4 Å². The zero-order valence-electron chi connectivity index (χ0n) is 16.5. The summed E-state index contributed by atoms with van der Waals surface area (Å²) in [5.41, 5.74) is 0.0901. The lowest BCUT2D eigenvalue weighted by atomic mass is 10.2. The number of ether oxygens (including phenoxy) is 1. The predicted octanol–water partition coefficient (Wildman–Crippen LogP) is -0.340. The van der Waals surface area contributed by atoms with Crippen molar-refractivity contribution in [1.82, 2.24) is 24.5 Å². The minimum Gasteiger partial charge on any atom is -0.379 e. The topological polar surface area (TPSA) is 88.0 Å². The average molecular weight is 391 g/mol. The van der Waals surface area contributed by atoms with Crippen LogP contribution in [0, 0.1) is 0 Å². The van der Waals surface area contributed by atoms with Crippen LogP contribution < -0.4 is 5.56 Å². The maximum absolute atomic E-state index is 12.8. The quantitative estimate of drug-likeness (QED) is 0.659. The number of aryl methyl sites for hydroxylation is 1. The molecule has 0 saturated carbocycles. The molecule has 154 valence electrons. The van der Waals surface area contributed by atoms with Gasteiger partial charge in [0.15, 0.2) is 0 Å². The van der Waals surface area contributed by atoms with Crippen molar-refractivity contribution in [2.24, 2.45) is 0 Å². The number of rotatable bonds is 6. The van der Waals surface area contributed by atoms with Crippen LogP contribution in [0.5, 0.6) is 0 Å². The Kier molecular flexibility index (Phi) is 7.16. The molecule has 9 nitrogen and oxygen atoms in total. The Morgan fingerprint density at radius 2 is 1.71 bits per heavy atom. The van der Waals surface area contributed by atoms with Crippen molar-refractivity contribution in [3.63, 3.8) is 0 Å². The van der Waals surface area contributed by atoms with E-state index in [2.05, 4.69) is 10.00 Å². The Labute approximate surface area is 164 Å². The molecule has 0 radical (unpaired) electrons. The minimum absolute atomic E-state index is 0.0974. The van der Waals surface area contributed by atoms with Gasteiger partial charge < -0.3 is 14.5 Å². The van der Waals surface area contributed by atoms with Crippen molar-refractivity contribution in [3.05, 3.63) is 28.2 Å². The molecule has 0 atom stereocenters. The van der Waals surface area contributed by atoms with Crippen LogP contribution in [0.15, 0.2) is 16.9 Å². The van der Waals surface area contributed by atoms with Crippen LogP contribution in [0.3, 0.4) is 0 Å². The molecule has 0 N–H and O–H groups in total. The van der Waals surface area contributed by atoms with E-state index in [-0.39, 0.29) is 23.1 Å². The molecule has 9 heteroatoms. The van der Waals surface area contributed by atoms with Crippen LogP contribution in [-0.4, -0.2) is 95.3 Å². The van der Waals surface area contributed by atoms with Gasteiger partial charge in [-0.1, -0.05) is 13.3 Å². The summed E-state index contributed by atoms with van der Waals surface area (Å²) in [6.07, 6.45) is 1.79. The fraction of sp³-hybridized carbons (Fsp3) is 0.684. The van der Waals surface area contributed by atoms with Crippen LogP contribution in [-0.2, 0) is 16.1 Å². The monoisotopic (exact) mass is 391 g/mol. The number of morpholine rings is 1. The lowest BCUT2D eigenvalue weighted by molar-refractivity contribution is -0.134. The Bertz CT molecular complexity index is 736. The Morgan fingerprint density at radius 3 is 2.39 bits per heavy atom. The number of amides is 2. The molecule has 28 heavy (non-hydrogen) atoms. The summed E-state index contributed by atoms with van der Waals surface area (Å²) in [7, 11) is 0. The van der Waals surface area contributed by atoms with Gasteiger partial charge in [0.2, 0.25) is 5.91 Å². The highest BCUT2D eigenvalue weighted by molar-refractivity contribution is 5.92. The van der Waals surface area contributed by atoms with Crippen molar-refractivity contribution in [1.29, 1.82) is 0 Å². The van der Waals surface area contributed by atoms with E-state index in [0.29, 0.717) is 52.5 Å². The van der Waals surface area contributed by atoms with Gasteiger partial charge in [0.05, 0.1) is 19.8 Å². The third-order valence-electron chi connectivity index (χ3n) is 5.19. The normalized spacial score (nSPS) is 18.3. The second-order valence-corrected chi connectivity index (χ2v) is 7.20. The SMILES string of the molecule is CCCCn1nc(C(=O)N2CCN(C(=O)CN3CCOCC3)CC2)ccc1=O. The summed E-state index contributed by atoms with van der Waals surface area (Å²) in [4.78, 5) is 42.7. The van der Waals surface area contributed by atoms with Crippen LogP contribution in [0.25, 0.3) is 0 Å². The van der Waals surface area contributed by atoms with E-state index in [4.69, 9.17) is 4.74 Å². The van der Waals surface area contributed by atoms with E-state index >= 15 is 0 Å². The molecule has 2 amide bonds. The molecular weight excluding hydrogens is 362 g/mol. The molecule has 0 aromatic carbocycles. The fourth-order valence-corrected chi connectivity index (χ4v) is 3.40. The Morgan fingerprint density at radius 1 is 1.04 bits per heavy atom. The number of piperazine rings is 1. The summed E-state index contributed by atoms with van der Waals surface area (Å²) in [5.74, 6) is -0.0919. The molecular formula is C19H29N5O4. The molecule has 0 spiro atoms. The summed E-state index contributed by atoms with van der Waals surface area (Å²) < 4.78 is 6.67. The summed E-state index contributed by atoms with van der Waals surface area (Å²) in [6.45, 7) is 7.85. The van der Waals surface area contributed by atoms with Crippen molar-refractivity contribution < 1.29 is 14.3 Å². The highest BCUT2D eigenvalue weighted by atomic mass is 16.5. The maximum Gasteiger partial charge on any atom is 0.274 e. The van der Waals surface area contributed by atoms with Crippen molar-refractivity contribution in [2.45, 2.75) is 26.3 Å². The molecule has 2 fully saturated rings. The van der Waals surface area contributed by atoms with E-state index in [0.717, 1.165) is 25.9 Å². The molecule has 1 aromatic heterocycles. The molecule has 3 heterocycles. The Hall–Kier alpha value is -2.26. The lowest BCUT2D eigenvalue weighted by Crippen LogP contribution is -2.53. The minimum atomic E-state index is -0.191. The molecule has 0 bridgehead atoms. The van der Waals surface area contributed by atoms with Crippen LogP contribution in [0.2, 0.25) is 0 Å². The Balaban J connectivity index is 1.53. The van der Waals surface area contributed by atoms with Gasteiger partial charge in [-0.25, -0.2) is 4.68 Å². The molecule has 2 aliphatic heterocycles. The predicted molar refractivity (Wildman–Crippen MR) is 103 cm³/mol. The number of hydrogen-bond donors (Lipinski definition) is 0. The number of carbonyl (C=O) groups is 2.